The number of anilines is 1. The van der Waals surface area contributed by atoms with Crippen molar-refractivity contribution in [2.45, 2.75) is 6.18 Å². The maximum absolute atomic E-state index is 12.2. The first-order chi connectivity index (χ1) is 6.48. The average molecular weight is 202 g/mol. The molecule has 2 N–H and O–H groups in total. The molecule has 0 aliphatic carbocycles. The molecule has 0 unspecified atom stereocenters. The molecule has 0 atom stereocenters. The molecule has 74 valence electrons. The number of aromatic nitrogens is 3. The molecule has 2 heterocycles. The van der Waals surface area contributed by atoms with Crippen LogP contribution in [0.1, 0.15) is 5.69 Å². The predicted molar refractivity (Wildman–Crippen MR) is 42.4 cm³/mol. The molecular formula is C7H5F3N4. The summed E-state index contributed by atoms with van der Waals surface area (Å²) in [6.07, 6.45) is -3.21. The molecule has 14 heavy (non-hydrogen) atoms. The lowest BCUT2D eigenvalue weighted by molar-refractivity contribution is -0.141. The first-order valence-corrected chi connectivity index (χ1v) is 3.66. The Morgan fingerprint density at radius 2 is 2.00 bits per heavy atom. The van der Waals surface area contributed by atoms with E-state index in [9.17, 15) is 13.2 Å². The molecule has 2 rings (SSSR count). The minimum absolute atomic E-state index is 0.0751. The highest BCUT2D eigenvalue weighted by Crippen LogP contribution is 2.27. The predicted octanol–water partition coefficient (Wildman–Crippen LogP) is 1.33. The van der Waals surface area contributed by atoms with Crippen LogP contribution in [0, 0.1) is 0 Å². The summed E-state index contributed by atoms with van der Waals surface area (Å²) in [5.74, 6) is 0.0751. The van der Waals surface area contributed by atoms with Crippen molar-refractivity contribution < 1.29 is 13.2 Å². The number of alkyl halides is 3. The fourth-order valence-corrected chi connectivity index (χ4v) is 1.04. The average Bonchev–Trinajstić information content (AvgIpc) is 2.46. The van der Waals surface area contributed by atoms with E-state index in [1.54, 1.807) is 0 Å². The lowest BCUT2D eigenvalue weighted by Crippen LogP contribution is -2.11. The zero-order valence-electron chi connectivity index (χ0n) is 6.78. The summed E-state index contributed by atoms with van der Waals surface area (Å²) in [4.78, 5) is 3.75. The minimum Gasteiger partial charge on any atom is -0.382 e. The Bertz CT molecular complexity index is 473. The Morgan fingerprint density at radius 3 is 2.64 bits per heavy atom. The highest BCUT2D eigenvalue weighted by Gasteiger charge is 2.33. The highest BCUT2D eigenvalue weighted by molar-refractivity contribution is 5.46. The summed E-state index contributed by atoms with van der Waals surface area (Å²) in [6, 6.07) is 2.08. The number of hydrogen-bond acceptors (Lipinski definition) is 3. The van der Waals surface area contributed by atoms with Gasteiger partial charge < -0.3 is 5.73 Å². The van der Waals surface area contributed by atoms with Gasteiger partial charge >= 0.3 is 6.18 Å². The molecule has 4 nitrogen and oxygen atoms in total. The fourth-order valence-electron chi connectivity index (χ4n) is 1.04. The molecule has 0 aromatic carbocycles. The summed E-state index contributed by atoms with van der Waals surface area (Å²) >= 11 is 0. The first kappa shape index (κ1) is 8.79. The van der Waals surface area contributed by atoms with Crippen molar-refractivity contribution in [1.29, 1.82) is 0 Å². The summed E-state index contributed by atoms with van der Waals surface area (Å²) in [7, 11) is 0. The van der Waals surface area contributed by atoms with E-state index in [1.165, 1.54) is 12.3 Å². The molecule has 0 aliphatic rings. The van der Waals surface area contributed by atoms with E-state index >= 15 is 0 Å². The van der Waals surface area contributed by atoms with E-state index in [0.717, 1.165) is 10.6 Å². The van der Waals surface area contributed by atoms with E-state index in [4.69, 9.17) is 5.73 Å². The molecule has 2 aromatic heterocycles. The van der Waals surface area contributed by atoms with Gasteiger partial charge in [0.1, 0.15) is 5.82 Å². The first-order valence-electron chi connectivity index (χ1n) is 3.66. The Hall–Kier alpha value is -1.79. The van der Waals surface area contributed by atoms with Crippen LogP contribution in [0.3, 0.4) is 0 Å². The maximum atomic E-state index is 12.2. The number of hydrogen-bond donors (Lipinski definition) is 1. The minimum atomic E-state index is -4.47. The van der Waals surface area contributed by atoms with Gasteiger partial charge in [-0.3, -0.25) is 0 Å². The number of nitrogens with zero attached hydrogens (tertiary/aromatic N) is 3. The Kier molecular flexibility index (Phi) is 1.63. The lowest BCUT2D eigenvalue weighted by Gasteiger charge is -2.05. The summed E-state index contributed by atoms with van der Waals surface area (Å²) in [5.41, 5.74) is 4.66. The number of nitrogens with two attached hydrogens (primary N) is 1. The second kappa shape index (κ2) is 2.60. The third kappa shape index (κ3) is 1.26. The van der Waals surface area contributed by atoms with Crippen molar-refractivity contribution in [3.05, 3.63) is 24.0 Å². The molecule has 0 amide bonds. The SMILES string of the molecule is Nc1cnc2ccc(C(F)(F)F)nn12. The number of nitrogen functional groups attached to an aromatic ring is 1. The normalized spacial score (nSPS) is 12.2. The van der Waals surface area contributed by atoms with Crippen LogP contribution in [0.25, 0.3) is 5.65 Å². The molecular weight excluding hydrogens is 197 g/mol. The summed E-state index contributed by atoms with van der Waals surface area (Å²) < 4.78 is 37.6. The van der Waals surface area contributed by atoms with Gasteiger partial charge in [0.25, 0.3) is 0 Å². The van der Waals surface area contributed by atoms with Crippen LogP contribution >= 0.6 is 0 Å². The van der Waals surface area contributed by atoms with Crippen molar-refractivity contribution in [3.63, 3.8) is 0 Å². The Labute approximate surface area is 76.2 Å². The Balaban J connectivity index is 2.66. The third-order valence-corrected chi connectivity index (χ3v) is 1.68. The van der Waals surface area contributed by atoms with Gasteiger partial charge in [0.2, 0.25) is 0 Å². The monoisotopic (exact) mass is 202 g/mol. The van der Waals surface area contributed by atoms with E-state index in [0.29, 0.717) is 0 Å². The summed E-state index contributed by atoms with van der Waals surface area (Å²) in [5, 5.41) is 3.31. The van der Waals surface area contributed by atoms with Crippen molar-refractivity contribution in [1.82, 2.24) is 14.6 Å². The van der Waals surface area contributed by atoms with Gasteiger partial charge in [0, 0.05) is 0 Å². The van der Waals surface area contributed by atoms with E-state index in [2.05, 4.69) is 10.1 Å². The molecule has 0 aliphatic heterocycles. The maximum Gasteiger partial charge on any atom is 0.435 e. The number of fused-ring (bicyclic) bond motifs is 1. The molecule has 0 saturated heterocycles. The second-order valence-corrected chi connectivity index (χ2v) is 2.67. The molecule has 2 aromatic rings. The topological polar surface area (TPSA) is 56.2 Å². The van der Waals surface area contributed by atoms with Crippen molar-refractivity contribution >= 4 is 11.5 Å². The fraction of sp³-hybridized carbons (Fsp3) is 0.143. The number of imidazole rings is 1. The van der Waals surface area contributed by atoms with E-state index in [1.807, 2.05) is 0 Å². The van der Waals surface area contributed by atoms with Crippen LogP contribution in [0.5, 0.6) is 0 Å². The molecule has 0 radical (unpaired) electrons. The molecule has 0 spiro atoms. The van der Waals surface area contributed by atoms with Crippen molar-refractivity contribution in [3.8, 4) is 0 Å². The quantitative estimate of drug-likeness (QED) is 0.701. The molecule has 0 bridgehead atoms. The van der Waals surface area contributed by atoms with Crippen LogP contribution in [0.15, 0.2) is 18.3 Å². The zero-order chi connectivity index (χ0) is 10.3. The second-order valence-electron chi connectivity index (χ2n) is 2.67. The van der Waals surface area contributed by atoms with Crippen LogP contribution in [-0.2, 0) is 6.18 Å². The van der Waals surface area contributed by atoms with Crippen LogP contribution in [-0.4, -0.2) is 14.6 Å². The smallest absolute Gasteiger partial charge is 0.382 e. The zero-order valence-corrected chi connectivity index (χ0v) is 6.78. The van der Waals surface area contributed by atoms with E-state index in [-0.39, 0.29) is 11.5 Å². The van der Waals surface area contributed by atoms with Gasteiger partial charge in [-0.2, -0.15) is 22.8 Å². The largest absolute Gasteiger partial charge is 0.435 e. The van der Waals surface area contributed by atoms with Crippen molar-refractivity contribution in [2.24, 2.45) is 0 Å². The highest BCUT2D eigenvalue weighted by atomic mass is 19.4. The van der Waals surface area contributed by atoms with Crippen LogP contribution in [0.4, 0.5) is 19.0 Å². The lowest BCUT2D eigenvalue weighted by atomic mass is 10.4. The number of halogens is 3. The van der Waals surface area contributed by atoms with Gasteiger partial charge in [-0.25, -0.2) is 4.98 Å². The van der Waals surface area contributed by atoms with Gasteiger partial charge in [-0.15, -0.1) is 0 Å². The number of rotatable bonds is 0. The molecule has 0 saturated carbocycles. The Morgan fingerprint density at radius 1 is 1.29 bits per heavy atom. The van der Waals surface area contributed by atoms with Crippen LogP contribution in [0.2, 0.25) is 0 Å². The van der Waals surface area contributed by atoms with Gasteiger partial charge in [-0.05, 0) is 12.1 Å². The van der Waals surface area contributed by atoms with Gasteiger partial charge in [0.15, 0.2) is 11.3 Å². The third-order valence-electron chi connectivity index (χ3n) is 1.68. The molecule has 0 fully saturated rings. The van der Waals surface area contributed by atoms with Gasteiger partial charge in [0.05, 0.1) is 6.20 Å². The standard InChI is InChI=1S/C7H5F3N4/c8-7(9,10)4-1-2-6-12-3-5(11)14(6)13-4/h1-3H,11H2. The van der Waals surface area contributed by atoms with Crippen molar-refractivity contribution in [2.75, 3.05) is 5.73 Å². The van der Waals surface area contributed by atoms with Crippen LogP contribution < -0.4 is 5.73 Å². The molecule has 7 heteroatoms. The summed E-state index contributed by atoms with van der Waals surface area (Å²) in [6.45, 7) is 0. The van der Waals surface area contributed by atoms with E-state index < -0.39 is 11.9 Å². The van der Waals surface area contributed by atoms with Gasteiger partial charge in [-0.1, -0.05) is 0 Å².